The van der Waals surface area contributed by atoms with E-state index in [1.165, 1.54) is 10.5 Å². The van der Waals surface area contributed by atoms with Crippen LogP contribution in [-0.2, 0) is 22.4 Å². The summed E-state index contributed by atoms with van der Waals surface area (Å²) < 4.78 is 5.42. The van der Waals surface area contributed by atoms with Crippen molar-refractivity contribution in [1.82, 2.24) is 4.90 Å². The summed E-state index contributed by atoms with van der Waals surface area (Å²) in [5.74, 6) is -0.625. The van der Waals surface area contributed by atoms with Crippen LogP contribution in [0.25, 0.3) is 0 Å². The number of primary amides is 1. The predicted molar refractivity (Wildman–Crippen MR) is 66.2 cm³/mol. The molecule has 1 heterocycles. The number of rotatable bonds is 3. The molecule has 0 bridgehead atoms. The van der Waals surface area contributed by atoms with E-state index in [0.29, 0.717) is 13.0 Å². The van der Waals surface area contributed by atoms with E-state index in [1.807, 2.05) is 12.1 Å². The number of likely N-dealkylation sites (N-methyl/N-ethyl adjacent to an activating group) is 1. The van der Waals surface area contributed by atoms with E-state index in [4.69, 9.17) is 10.5 Å². The van der Waals surface area contributed by atoms with Gasteiger partial charge in [0.25, 0.3) is 0 Å². The molecule has 0 saturated carbocycles. The van der Waals surface area contributed by atoms with Gasteiger partial charge in [-0.2, -0.15) is 0 Å². The molecule has 0 spiro atoms. The van der Waals surface area contributed by atoms with Crippen molar-refractivity contribution in [3.05, 3.63) is 29.3 Å². The summed E-state index contributed by atoms with van der Waals surface area (Å²) in [6, 6.07) is 6.02. The number of hydrogen-bond donors (Lipinski definition) is 1. The molecule has 0 aliphatic carbocycles. The summed E-state index contributed by atoms with van der Waals surface area (Å²) in [7, 11) is 1.57. The van der Waals surface area contributed by atoms with Gasteiger partial charge in [0.15, 0.2) is 0 Å². The summed E-state index contributed by atoms with van der Waals surface area (Å²) in [4.78, 5) is 23.3. The minimum absolute atomic E-state index is 0.474. The van der Waals surface area contributed by atoms with E-state index in [0.717, 1.165) is 24.3 Å². The summed E-state index contributed by atoms with van der Waals surface area (Å²) >= 11 is 0. The normalized spacial score (nSPS) is 12.7. The maximum absolute atomic E-state index is 11.3. The van der Waals surface area contributed by atoms with Gasteiger partial charge in [0.1, 0.15) is 5.75 Å². The molecular formula is C13H16N2O3. The highest BCUT2D eigenvalue weighted by molar-refractivity contribution is 6.34. The van der Waals surface area contributed by atoms with Crippen molar-refractivity contribution in [1.29, 1.82) is 0 Å². The number of carbonyl (C=O) groups is 2. The number of hydrogen-bond acceptors (Lipinski definition) is 3. The summed E-state index contributed by atoms with van der Waals surface area (Å²) in [6.45, 7) is 1.21. The molecular weight excluding hydrogens is 232 g/mol. The van der Waals surface area contributed by atoms with Gasteiger partial charge in [0.2, 0.25) is 0 Å². The van der Waals surface area contributed by atoms with Crippen LogP contribution in [0.5, 0.6) is 5.75 Å². The average molecular weight is 248 g/mol. The third-order valence-electron chi connectivity index (χ3n) is 3.05. The lowest BCUT2D eigenvalue weighted by Crippen LogP contribution is -2.38. The Labute approximate surface area is 106 Å². The minimum Gasteiger partial charge on any atom is -0.493 e. The van der Waals surface area contributed by atoms with Crippen LogP contribution in [0.3, 0.4) is 0 Å². The fourth-order valence-electron chi connectivity index (χ4n) is 1.98. The van der Waals surface area contributed by atoms with Crippen LogP contribution in [0.15, 0.2) is 18.2 Å². The van der Waals surface area contributed by atoms with Crippen LogP contribution in [0, 0.1) is 0 Å². The molecule has 0 aromatic heterocycles. The zero-order valence-corrected chi connectivity index (χ0v) is 10.3. The Bertz CT molecular complexity index is 485. The molecule has 1 aromatic carbocycles. The maximum atomic E-state index is 11.3. The van der Waals surface area contributed by atoms with Crippen LogP contribution in [-0.4, -0.2) is 36.9 Å². The highest BCUT2D eigenvalue weighted by Gasteiger charge is 2.15. The molecule has 2 N–H and O–H groups in total. The van der Waals surface area contributed by atoms with Crippen molar-refractivity contribution in [2.24, 2.45) is 5.73 Å². The van der Waals surface area contributed by atoms with Crippen LogP contribution < -0.4 is 10.5 Å². The standard InChI is InChI=1S/C13H16N2O3/c1-15(13(17)12(14)16)6-4-9-2-3-11-10(8-9)5-7-18-11/h2-3,8H,4-7H2,1H3,(H2,14,16). The molecule has 1 aliphatic rings. The highest BCUT2D eigenvalue weighted by atomic mass is 16.5. The van der Waals surface area contributed by atoms with Gasteiger partial charge in [-0.25, -0.2) is 0 Å². The number of carbonyl (C=O) groups excluding carboxylic acids is 2. The Morgan fingerprint density at radius 2 is 2.22 bits per heavy atom. The topological polar surface area (TPSA) is 72.6 Å². The molecule has 2 rings (SSSR count). The van der Waals surface area contributed by atoms with Crippen molar-refractivity contribution < 1.29 is 14.3 Å². The van der Waals surface area contributed by atoms with Gasteiger partial charge in [0, 0.05) is 20.0 Å². The quantitative estimate of drug-likeness (QED) is 0.771. The molecule has 0 atom stereocenters. The lowest BCUT2D eigenvalue weighted by Gasteiger charge is -2.15. The number of ether oxygens (including phenoxy) is 1. The van der Waals surface area contributed by atoms with Gasteiger partial charge in [-0.05, 0) is 23.6 Å². The van der Waals surface area contributed by atoms with Crippen LogP contribution >= 0.6 is 0 Å². The zero-order chi connectivity index (χ0) is 13.1. The van der Waals surface area contributed by atoms with E-state index in [1.54, 1.807) is 7.05 Å². The first kappa shape index (κ1) is 12.4. The summed E-state index contributed by atoms with van der Waals surface area (Å²) in [5.41, 5.74) is 7.27. The molecule has 96 valence electrons. The Morgan fingerprint density at radius 1 is 1.44 bits per heavy atom. The number of nitrogens with two attached hydrogens (primary N) is 1. The first-order valence-electron chi connectivity index (χ1n) is 5.87. The smallest absolute Gasteiger partial charge is 0.311 e. The van der Waals surface area contributed by atoms with E-state index in [9.17, 15) is 9.59 Å². The third kappa shape index (κ3) is 2.61. The maximum Gasteiger partial charge on any atom is 0.311 e. The first-order chi connectivity index (χ1) is 8.58. The molecule has 18 heavy (non-hydrogen) atoms. The van der Waals surface area contributed by atoms with Gasteiger partial charge in [-0.15, -0.1) is 0 Å². The van der Waals surface area contributed by atoms with Gasteiger partial charge in [-0.1, -0.05) is 12.1 Å². The molecule has 0 unspecified atom stereocenters. The number of amides is 2. The Balaban J connectivity index is 1.94. The van der Waals surface area contributed by atoms with E-state index < -0.39 is 11.8 Å². The molecule has 5 nitrogen and oxygen atoms in total. The SMILES string of the molecule is CN(CCc1ccc2c(c1)CCO2)C(=O)C(N)=O. The fraction of sp³-hybridized carbons (Fsp3) is 0.385. The van der Waals surface area contributed by atoms with Crippen molar-refractivity contribution in [3.63, 3.8) is 0 Å². The number of fused-ring (bicyclic) bond motifs is 1. The van der Waals surface area contributed by atoms with E-state index in [-0.39, 0.29) is 0 Å². The van der Waals surface area contributed by atoms with Crippen LogP contribution in [0.2, 0.25) is 0 Å². The highest BCUT2D eigenvalue weighted by Crippen LogP contribution is 2.25. The molecule has 1 aromatic rings. The number of nitrogens with zero attached hydrogens (tertiary/aromatic N) is 1. The molecule has 2 amide bonds. The Hall–Kier alpha value is -2.04. The van der Waals surface area contributed by atoms with Crippen molar-refractivity contribution in [3.8, 4) is 5.75 Å². The fourth-order valence-corrected chi connectivity index (χ4v) is 1.98. The number of benzene rings is 1. The lowest BCUT2D eigenvalue weighted by atomic mass is 10.1. The van der Waals surface area contributed by atoms with Gasteiger partial charge < -0.3 is 15.4 Å². The van der Waals surface area contributed by atoms with Crippen molar-refractivity contribution >= 4 is 11.8 Å². The predicted octanol–water partition coefficient (Wildman–Crippen LogP) is 0.108. The van der Waals surface area contributed by atoms with E-state index >= 15 is 0 Å². The Morgan fingerprint density at radius 3 is 2.94 bits per heavy atom. The first-order valence-corrected chi connectivity index (χ1v) is 5.87. The van der Waals surface area contributed by atoms with E-state index in [2.05, 4.69) is 6.07 Å². The lowest BCUT2D eigenvalue weighted by molar-refractivity contribution is -0.143. The van der Waals surface area contributed by atoms with Crippen LogP contribution in [0.4, 0.5) is 0 Å². The van der Waals surface area contributed by atoms with Gasteiger partial charge in [0.05, 0.1) is 6.61 Å². The second kappa shape index (κ2) is 5.08. The largest absolute Gasteiger partial charge is 0.493 e. The second-order valence-corrected chi connectivity index (χ2v) is 4.38. The molecule has 0 fully saturated rings. The second-order valence-electron chi connectivity index (χ2n) is 4.38. The monoisotopic (exact) mass is 248 g/mol. The Kier molecular flexibility index (Phi) is 3.50. The molecule has 1 aliphatic heterocycles. The van der Waals surface area contributed by atoms with Gasteiger partial charge in [-0.3, -0.25) is 9.59 Å². The average Bonchev–Trinajstić information content (AvgIpc) is 2.82. The van der Waals surface area contributed by atoms with Gasteiger partial charge >= 0.3 is 11.8 Å². The summed E-state index contributed by atoms with van der Waals surface area (Å²) in [5, 5.41) is 0. The van der Waals surface area contributed by atoms with Crippen molar-refractivity contribution in [2.45, 2.75) is 12.8 Å². The minimum atomic E-state index is -0.917. The molecule has 0 radical (unpaired) electrons. The summed E-state index contributed by atoms with van der Waals surface area (Å²) in [6.07, 6.45) is 1.63. The third-order valence-corrected chi connectivity index (χ3v) is 3.05. The molecule has 5 heteroatoms. The zero-order valence-electron chi connectivity index (χ0n) is 10.3. The van der Waals surface area contributed by atoms with Crippen LogP contribution in [0.1, 0.15) is 11.1 Å². The van der Waals surface area contributed by atoms with Crippen molar-refractivity contribution in [2.75, 3.05) is 20.2 Å². The molecule has 0 saturated heterocycles.